The van der Waals surface area contributed by atoms with Crippen LogP contribution >= 0.6 is 0 Å². The van der Waals surface area contributed by atoms with E-state index >= 15 is 0 Å². The molecule has 1 unspecified atom stereocenters. The fourth-order valence-electron chi connectivity index (χ4n) is 0.292. The Morgan fingerprint density at radius 3 is 2.29 bits per heavy atom. The Morgan fingerprint density at radius 2 is 2.29 bits per heavy atom. The smallest absolute Gasteiger partial charge is 0.134 e. The summed E-state index contributed by atoms with van der Waals surface area (Å²) in [5.41, 5.74) is 3.90. The van der Waals surface area contributed by atoms with Crippen molar-refractivity contribution in [1.29, 1.82) is 0 Å². The SMILES string of the molecule is COCC(C)(N)O. The van der Waals surface area contributed by atoms with Gasteiger partial charge in [-0.15, -0.1) is 0 Å². The van der Waals surface area contributed by atoms with Gasteiger partial charge in [0.2, 0.25) is 0 Å². The van der Waals surface area contributed by atoms with E-state index in [9.17, 15) is 0 Å². The Balaban J connectivity index is 3.15. The minimum Gasteiger partial charge on any atom is -0.380 e. The first-order valence-electron chi connectivity index (χ1n) is 2.06. The minimum absolute atomic E-state index is 0.174. The molecule has 0 aliphatic carbocycles. The van der Waals surface area contributed by atoms with E-state index in [1.54, 1.807) is 0 Å². The van der Waals surface area contributed by atoms with Gasteiger partial charge in [0.05, 0.1) is 6.61 Å². The van der Waals surface area contributed by atoms with Crippen LogP contribution in [0.25, 0.3) is 0 Å². The first-order valence-corrected chi connectivity index (χ1v) is 2.06. The molecule has 0 saturated heterocycles. The number of methoxy groups -OCH3 is 1. The summed E-state index contributed by atoms with van der Waals surface area (Å²) in [5, 5.41) is 8.67. The second-order valence-corrected chi connectivity index (χ2v) is 1.79. The summed E-state index contributed by atoms with van der Waals surface area (Å²) in [6, 6.07) is 0. The Bertz CT molecular complexity index is 48.1. The molecule has 0 saturated carbocycles. The van der Waals surface area contributed by atoms with Gasteiger partial charge in [0.1, 0.15) is 5.72 Å². The van der Waals surface area contributed by atoms with E-state index in [0.29, 0.717) is 0 Å². The number of rotatable bonds is 2. The summed E-state index contributed by atoms with van der Waals surface area (Å²) < 4.78 is 4.53. The van der Waals surface area contributed by atoms with Gasteiger partial charge in [0.25, 0.3) is 0 Å². The van der Waals surface area contributed by atoms with Crippen LogP contribution in [0.5, 0.6) is 0 Å². The van der Waals surface area contributed by atoms with Gasteiger partial charge in [0.15, 0.2) is 0 Å². The van der Waals surface area contributed by atoms with Gasteiger partial charge < -0.3 is 15.6 Å². The van der Waals surface area contributed by atoms with Crippen LogP contribution in [0, 0.1) is 0 Å². The zero-order valence-electron chi connectivity index (χ0n) is 4.64. The average Bonchev–Trinajstić information content (AvgIpc) is 1.30. The standard InChI is InChI=1S/C4H11NO2/c1-4(5,6)3-7-2/h6H,3,5H2,1-2H3. The van der Waals surface area contributed by atoms with E-state index in [0.717, 1.165) is 0 Å². The van der Waals surface area contributed by atoms with E-state index < -0.39 is 5.72 Å². The van der Waals surface area contributed by atoms with Crippen molar-refractivity contribution in [3.05, 3.63) is 0 Å². The van der Waals surface area contributed by atoms with E-state index in [4.69, 9.17) is 10.8 Å². The number of aliphatic hydroxyl groups is 1. The number of ether oxygens (including phenoxy) is 1. The van der Waals surface area contributed by atoms with Crippen molar-refractivity contribution in [3.8, 4) is 0 Å². The Kier molecular flexibility index (Phi) is 2.22. The second-order valence-electron chi connectivity index (χ2n) is 1.79. The molecular weight excluding hydrogens is 94.0 g/mol. The van der Waals surface area contributed by atoms with E-state index in [-0.39, 0.29) is 6.61 Å². The van der Waals surface area contributed by atoms with E-state index in [2.05, 4.69) is 4.74 Å². The summed E-state index contributed by atoms with van der Waals surface area (Å²) in [6.07, 6.45) is 0. The van der Waals surface area contributed by atoms with Crippen LogP contribution in [0.15, 0.2) is 0 Å². The highest BCUT2D eigenvalue weighted by molar-refractivity contribution is 4.58. The minimum atomic E-state index is -1.17. The van der Waals surface area contributed by atoms with Crippen LogP contribution < -0.4 is 5.73 Å². The molecule has 0 aliphatic rings. The largest absolute Gasteiger partial charge is 0.380 e. The highest BCUT2D eigenvalue weighted by Crippen LogP contribution is 1.89. The van der Waals surface area contributed by atoms with Crippen molar-refractivity contribution in [2.45, 2.75) is 12.6 Å². The van der Waals surface area contributed by atoms with Crippen molar-refractivity contribution < 1.29 is 9.84 Å². The topological polar surface area (TPSA) is 55.5 Å². The predicted octanol–water partition coefficient (Wildman–Crippen LogP) is -0.700. The molecule has 0 amide bonds. The third kappa shape index (κ3) is 5.88. The molecule has 7 heavy (non-hydrogen) atoms. The molecule has 0 aromatic heterocycles. The Labute approximate surface area is 43.1 Å². The molecule has 0 radical (unpaired) electrons. The molecule has 0 bridgehead atoms. The van der Waals surface area contributed by atoms with Crippen molar-refractivity contribution >= 4 is 0 Å². The lowest BCUT2D eigenvalue weighted by Crippen LogP contribution is -2.40. The fraction of sp³-hybridized carbons (Fsp3) is 1.00. The molecule has 0 aliphatic heterocycles. The van der Waals surface area contributed by atoms with Gasteiger partial charge in [-0.2, -0.15) is 0 Å². The summed E-state index contributed by atoms with van der Waals surface area (Å²) in [7, 11) is 1.49. The summed E-state index contributed by atoms with van der Waals surface area (Å²) in [6.45, 7) is 1.66. The van der Waals surface area contributed by atoms with Gasteiger partial charge in [-0.3, -0.25) is 0 Å². The van der Waals surface area contributed by atoms with Gasteiger partial charge in [-0.25, -0.2) is 0 Å². The van der Waals surface area contributed by atoms with Gasteiger partial charge in [-0.1, -0.05) is 0 Å². The molecule has 0 aromatic carbocycles. The zero-order valence-corrected chi connectivity index (χ0v) is 4.64. The Hall–Kier alpha value is -0.120. The van der Waals surface area contributed by atoms with Gasteiger partial charge >= 0.3 is 0 Å². The molecule has 0 spiro atoms. The first kappa shape index (κ1) is 6.88. The van der Waals surface area contributed by atoms with Crippen molar-refractivity contribution in [2.75, 3.05) is 13.7 Å². The quantitative estimate of drug-likeness (QED) is 0.456. The molecule has 3 N–H and O–H groups in total. The summed E-state index contributed by atoms with van der Waals surface area (Å²) >= 11 is 0. The van der Waals surface area contributed by atoms with Gasteiger partial charge in [0, 0.05) is 7.11 Å². The highest BCUT2D eigenvalue weighted by atomic mass is 16.5. The van der Waals surface area contributed by atoms with Crippen LogP contribution in [0.4, 0.5) is 0 Å². The molecule has 0 fully saturated rings. The van der Waals surface area contributed by atoms with Crippen LogP contribution in [-0.2, 0) is 4.74 Å². The highest BCUT2D eigenvalue weighted by Gasteiger charge is 2.10. The number of nitrogens with two attached hydrogens (primary N) is 1. The first-order chi connectivity index (χ1) is 3.06. The lowest BCUT2D eigenvalue weighted by molar-refractivity contribution is -0.0116. The zero-order chi connectivity index (χ0) is 5.91. The molecule has 3 heteroatoms. The predicted molar refractivity (Wildman–Crippen MR) is 26.7 cm³/mol. The van der Waals surface area contributed by atoms with Gasteiger partial charge in [-0.05, 0) is 6.92 Å². The molecular formula is C4H11NO2. The molecule has 1 atom stereocenters. The van der Waals surface area contributed by atoms with E-state index in [1.807, 2.05) is 0 Å². The second kappa shape index (κ2) is 2.26. The lowest BCUT2D eigenvalue weighted by Gasteiger charge is -2.14. The summed E-state index contributed by atoms with van der Waals surface area (Å²) in [5.74, 6) is 0. The molecule has 0 heterocycles. The molecule has 44 valence electrons. The van der Waals surface area contributed by atoms with Crippen LogP contribution in [0.2, 0.25) is 0 Å². The average molecular weight is 105 g/mol. The number of hydrogen-bond donors (Lipinski definition) is 2. The Morgan fingerprint density at radius 1 is 1.86 bits per heavy atom. The maximum Gasteiger partial charge on any atom is 0.134 e. The third-order valence-corrected chi connectivity index (χ3v) is 0.437. The van der Waals surface area contributed by atoms with Crippen molar-refractivity contribution in [1.82, 2.24) is 0 Å². The van der Waals surface area contributed by atoms with Crippen molar-refractivity contribution in [2.24, 2.45) is 5.73 Å². The summed E-state index contributed by atoms with van der Waals surface area (Å²) in [4.78, 5) is 0. The van der Waals surface area contributed by atoms with Crippen LogP contribution in [-0.4, -0.2) is 24.5 Å². The normalized spacial score (nSPS) is 18.9. The monoisotopic (exact) mass is 105 g/mol. The van der Waals surface area contributed by atoms with Crippen LogP contribution in [0.1, 0.15) is 6.92 Å². The fourth-order valence-corrected chi connectivity index (χ4v) is 0.292. The van der Waals surface area contributed by atoms with Crippen LogP contribution in [0.3, 0.4) is 0 Å². The molecule has 0 aromatic rings. The number of hydrogen-bond acceptors (Lipinski definition) is 3. The van der Waals surface area contributed by atoms with E-state index in [1.165, 1.54) is 14.0 Å². The molecule has 3 nitrogen and oxygen atoms in total. The third-order valence-electron chi connectivity index (χ3n) is 0.437. The maximum atomic E-state index is 8.67. The lowest BCUT2D eigenvalue weighted by atomic mass is 10.3. The van der Waals surface area contributed by atoms with Crippen molar-refractivity contribution in [3.63, 3.8) is 0 Å². The maximum absolute atomic E-state index is 8.67. The molecule has 0 rings (SSSR count).